The second-order valence-corrected chi connectivity index (χ2v) is 6.36. The quantitative estimate of drug-likeness (QED) is 0.814. The molecule has 0 unspecified atom stereocenters. The molecule has 0 saturated heterocycles. The van der Waals surface area contributed by atoms with Crippen LogP contribution in [0.1, 0.15) is 23.8 Å². The molecule has 0 spiro atoms. The molecule has 1 rings (SSSR count). The number of halogens is 3. The summed E-state index contributed by atoms with van der Waals surface area (Å²) in [6, 6.07) is 1.07. The van der Waals surface area contributed by atoms with Crippen molar-refractivity contribution in [2.24, 2.45) is 0 Å². The lowest BCUT2D eigenvalue weighted by molar-refractivity contribution is 0.0882. The fraction of sp³-hybridized carbons (Fsp3) is 0.500. The molecule has 1 N–H and O–H groups in total. The smallest absolute Gasteiger partial charge is 0.268 e. The van der Waals surface area contributed by atoms with Crippen molar-refractivity contribution >= 4 is 25.6 Å². The van der Waals surface area contributed by atoms with E-state index in [1.54, 1.807) is 0 Å². The first-order chi connectivity index (χ1) is 8.75. The van der Waals surface area contributed by atoms with Crippen molar-refractivity contribution in [3.05, 3.63) is 18.0 Å². The number of amides is 1. The van der Waals surface area contributed by atoms with Crippen LogP contribution in [0.15, 0.2) is 17.2 Å². The van der Waals surface area contributed by atoms with Gasteiger partial charge in [-0.1, -0.05) is 6.92 Å². The zero-order chi connectivity index (χ0) is 14.6. The highest BCUT2D eigenvalue weighted by Crippen LogP contribution is 2.19. The molecule has 0 bridgehead atoms. The first-order valence-electron chi connectivity index (χ1n) is 5.47. The zero-order valence-electron chi connectivity index (χ0n) is 10.1. The number of nitrogens with one attached hydrogen (secondary N) is 1. The van der Waals surface area contributed by atoms with Crippen molar-refractivity contribution in [2.45, 2.75) is 31.2 Å². The predicted molar refractivity (Wildman–Crippen MR) is 66.1 cm³/mol. The minimum absolute atomic E-state index is 0.0123. The summed E-state index contributed by atoms with van der Waals surface area (Å²) in [5.41, 5.74) is -0.0123. The minimum Gasteiger partial charge on any atom is -0.345 e. The number of carbonyl (C=O) groups is 1. The van der Waals surface area contributed by atoms with Gasteiger partial charge in [-0.3, -0.25) is 4.79 Å². The van der Waals surface area contributed by atoms with E-state index in [9.17, 15) is 22.0 Å². The summed E-state index contributed by atoms with van der Waals surface area (Å²) in [5.74, 6) is -0.764. The zero-order valence-corrected chi connectivity index (χ0v) is 11.6. The number of hydrogen-bond acceptors (Lipinski definition) is 3. The Bertz CT molecular complexity index is 557. The van der Waals surface area contributed by atoms with E-state index in [2.05, 4.69) is 0 Å². The molecule has 108 valence electrons. The van der Waals surface area contributed by atoms with Gasteiger partial charge in [0.2, 0.25) is 0 Å². The maximum absolute atomic E-state index is 12.0. The molecule has 9 heteroatoms. The molecule has 5 nitrogen and oxygen atoms in total. The summed E-state index contributed by atoms with van der Waals surface area (Å²) in [6.07, 6.45) is -0.816. The third-order valence-electron chi connectivity index (χ3n) is 2.27. The van der Waals surface area contributed by atoms with Gasteiger partial charge in [-0.25, -0.2) is 17.2 Å². The van der Waals surface area contributed by atoms with E-state index < -0.39 is 27.9 Å². The molecule has 0 aliphatic heterocycles. The molecule has 1 aromatic heterocycles. The van der Waals surface area contributed by atoms with Crippen molar-refractivity contribution in [1.82, 2.24) is 9.88 Å². The Morgan fingerprint density at radius 2 is 2.16 bits per heavy atom. The van der Waals surface area contributed by atoms with Crippen LogP contribution in [0.2, 0.25) is 0 Å². The van der Waals surface area contributed by atoms with Crippen LogP contribution in [0, 0.1) is 0 Å². The lowest BCUT2D eigenvalue weighted by atomic mass is 10.3. The Labute approximate surface area is 114 Å². The summed E-state index contributed by atoms with van der Waals surface area (Å²) < 4.78 is 47.8. The number of rotatable bonds is 6. The molecule has 0 aliphatic carbocycles. The molecule has 0 radical (unpaired) electrons. The van der Waals surface area contributed by atoms with Gasteiger partial charge in [0.05, 0.1) is 6.54 Å². The van der Waals surface area contributed by atoms with Crippen LogP contribution < -0.4 is 5.32 Å². The topological polar surface area (TPSA) is 68.2 Å². The average molecular weight is 315 g/mol. The molecule has 0 aliphatic rings. The van der Waals surface area contributed by atoms with Crippen molar-refractivity contribution in [2.75, 3.05) is 6.54 Å². The third-order valence-corrected chi connectivity index (χ3v) is 3.59. The highest BCUT2D eigenvalue weighted by molar-refractivity contribution is 8.13. The van der Waals surface area contributed by atoms with Gasteiger partial charge >= 0.3 is 0 Å². The molecule has 19 heavy (non-hydrogen) atoms. The Kier molecular flexibility index (Phi) is 5.30. The van der Waals surface area contributed by atoms with Crippen molar-refractivity contribution < 1.29 is 22.0 Å². The number of alkyl halides is 2. The van der Waals surface area contributed by atoms with Crippen LogP contribution in [0.4, 0.5) is 8.78 Å². The number of aryl methyl sites for hydroxylation is 1. The monoisotopic (exact) mass is 314 g/mol. The molecular formula is C10H13ClF2N2O3S. The lowest BCUT2D eigenvalue weighted by Gasteiger charge is -2.07. The highest BCUT2D eigenvalue weighted by Gasteiger charge is 2.20. The van der Waals surface area contributed by atoms with Gasteiger partial charge in [0.1, 0.15) is 10.6 Å². The molecule has 0 fully saturated rings. The minimum atomic E-state index is -3.96. The summed E-state index contributed by atoms with van der Waals surface area (Å²) >= 11 is 0. The van der Waals surface area contributed by atoms with Gasteiger partial charge in [0.25, 0.3) is 21.4 Å². The van der Waals surface area contributed by atoms with Crippen molar-refractivity contribution in [3.63, 3.8) is 0 Å². The van der Waals surface area contributed by atoms with Crippen LogP contribution in [0.3, 0.4) is 0 Å². The lowest BCUT2D eigenvalue weighted by Crippen LogP contribution is -2.30. The number of hydrogen-bond donors (Lipinski definition) is 1. The molecule has 0 atom stereocenters. The fourth-order valence-corrected chi connectivity index (χ4v) is 2.25. The predicted octanol–water partition coefficient (Wildman–Crippen LogP) is 1.82. The van der Waals surface area contributed by atoms with Gasteiger partial charge in [-0.05, 0) is 12.5 Å². The van der Waals surface area contributed by atoms with E-state index >= 15 is 0 Å². The van der Waals surface area contributed by atoms with Crippen molar-refractivity contribution in [1.29, 1.82) is 0 Å². The van der Waals surface area contributed by atoms with Crippen LogP contribution in [-0.2, 0) is 15.6 Å². The average Bonchev–Trinajstić information content (AvgIpc) is 2.70. The molecular weight excluding hydrogens is 302 g/mol. The van der Waals surface area contributed by atoms with Gasteiger partial charge in [0.15, 0.2) is 0 Å². The molecule has 1 amide bonds. The summed E-state index contributed by atoms with van der Waals surface area (Å²) in [5, 5.41) is 2.01. The number of nitrogens with zero attached hydrogens (tertiary/aromatic N) is 1. The van der Waals surface area contributed by atoms with Crippen LogP contribution >= 0.6 is 10.7 Å². The Morgan fingerprint density at radius 1 is 1.53 bits per heavy atom. The summed E-state index contributed by atoms with van der Waals surface area (Å²) in [7, 11) is 1.22. The molecule has 0 saturated carbocycles. The Morgan fingerprint density at radius 3 is 2.63 bits per heavy atom. The van der Waals surface area contributed by atoms with Crippen LogP contribution in [-0.4, -0.2) is 31.9 Å². The third kappa shape index (κ3) is 4.46. The van der Waals surface area contributed by atoms with Crippen molar-refractivity contribution in [3.8, 4) is 0 Å². The SMILES string of the molecule is CCCn1cc(S(=O)(=O)Cl)cc1C(=O)NCC(F)F. The summed E-state index contributed by atoms with van der Waals surface area (Å²) in [4.78, 5) is 11.5. The van der Waals surface area contributed by atoms with E-state index in [1.165, 1.54) is 10.8 Å². The molecule has 1 heterocycles. The Balaban J connectivity index is 3.04. The first kappa shape index (κ1) is 15.9. The second-order valence-electron chi connectivity index (χ2n) is 3.79. The number of aromatic nitrogens is 1. The molecule has 1 aromatic rings. The highest BCUT2D eigenvalue weighted by atomic mass is 35.7. The van der Waals surface area contributed by atoms with E-state index in [1.807, 2.05) is 12.2 Å². The van der Waals surface area contributed by atoms with E-state index in [-0.39, 0.29) is 10.6 Å². The van der Waals surface area contributed by atoms with Gasteiger partial charge in [-0.15, -0.1) is 0 Å². The maximum atomic E-state index is 12.0. The fourth-order valence-electron chi connectivity index (χ4n) is 1.49. The van der Waals surface area contributed by atoms with Crippen LogP contribution in [0.5, 0.6) is 0 Å². The van der Waals surface area contributed by atoms with E-state index in [0.717, 1.165) is 6.07 Å². The first-order valence-corrected chi connectivity index (χ1v) is 7.77. The second kappa shape index (κ2) is 6.33. The Hall–Kier alpha value is -1.15. The summed E-state index contributed by atoms with van der Waals surface area (Å²) in [6.45, 7) is 1.42. The molecule has 0 aromatic carbocycles. The van der Waals surface area contributed by atoms with E-state index in [0.29, 0.717) is 13.0 Å². The number of carbonyl (C=O) groups excluding carboxylic acids is 1. The maximum Gasteiger partial charge on any atom is 0.268 e. The van der Waals surface area contributed by atoms with Gasteiger partial charge in [0, 0.05) is 23.4 Å². The van der Waals surface area contributed by atoms with E-state index in [4.69, 9.17) is 10.7 Å². The van der Waals surface area contributed by atoms with Gasteiger partial charge in [-0.2, -0.15) is 0 Å². The standard InChI is InChI=1S/C10H13ClF2N2O3S/c1-2-3-15-6-7(19(11,17)18)4-8(15)10(16)14-5-9(12)13/h4,6,9H,2-3,5H2,1H3,(H,14,16). The normalized spacial score (nSPS) is 11.8. The largest absolute Gasteiger partial charge is 0.345 e. The van der Waals surface area contributed by atoms with Gasteiger partial charge < -0.3 is 9.88 Å². The van der Waals surface area contributed by atoms with Crippen LogP contribution in [0.25, 0.3) is 0 Å².